The second-order valence-electron chi connectivity index (χ2n) is 5.76. The number of rotatable bonds is 2. The number of piperidine rings is 1. The zero-order chi connectivity index (χ0) is 14.7. The number of hydrogen-bond acceptors (Lipinski definition) is 3. The van der Waals surface area contributed by atoms with E-state index in [-0.39, 0.29) is 6.03 Å². The van der Waals surface area contributed by atoms with Crippen molar-refractivity contribution in [2.24, 2.45) is 0 Å². The minimum absolute atomic E-state index is 0.00213. The molecule has 0 bridgehead atoms. The van der Waals surface area contributed by atoms with Gasteiger partial charge in [-0.25, -0.2) is 4.79 Å². The van der Waals surface area contributed by atoms with Crippen molar-refractivity contribution < 1.29 is 4.79 Å². The summed E-state index contributed by atoms with van der Waals surface area (Å²) in [5.74, 6) is 0. The molecule has 1 aromatic rings. The van der Waals surface area contributed by atoms with Gasteiger partial charge in [-0.3, -0.25) is 9.88 Å². The van der Waals surface area contributed by atoms with E-state index >= 15 is 0 Å². The van der Waals surface area contributed by atoms with Crippen molar-refractivity contribution in [1.82, 2.24) is 14.8 Å². The van der Waals surface area contributed by atoms with Gasteiger partial charge >= 0.3 is 6.03 Å². The number of hydrogen-bond donors (Lipinski definition) is 1. The lowest BCUT2D eigenvalue weighted by Crippen LogP contribution is -2.47. The van der Waals surface area contributed by atoms with Gasteiger partial charge in [-0.15, -0.1) is 0 Å². The molecule has 1 N–H and O–H groups in total. The zero-order valence-electron chi connectivity index (χ0n) is 12.5. The van der Waals surface area contributed by atoms with Gasteiger partial charge in [0.05, 0.1) is 0 Å². The van der Waals surface area contributed by atoms with E-state index in [1.54, 1.807) is 12.4 Å². The molecule has 1 fully saturated rings. The Labute approximate surface area is 125 Å². The number of nitrogens with one attached hydrogen (secondary N) is 1. The van der Waals surface area contributed by atoms with Gasteiger partial charge in [0.15, 0.2) is 0 Å². The number of likely N-dealkylation sites (tertiary alicyclic amines) is 1. The van der Waals surface area contributed by atoms with Crippen molar-refractivity contribution in [3.63, 3.8) is 0 Å². The Morgan fingerprint density at radius 1 is 1.29 bits per heavy atom. The first-order chi connectivity index (χ1) is 10.2. The van der Waals surface area contributed by atoms with Crippen molar-refractivity contribution in [1.29, 1.82) is 0 Å². The first kappa shape index (κ1) is 14.1. The third-order valence-corrected chi connectivity index (χ3v) is 4.38. The maximum atomic E-state index is 12.3. The summed E-state index contributed by atoms with van der Waals surface area (Å²) in [7, 11) is 0. The van der Waals surface area contributed by atoms with E-state index in [0.29, 0.717) is 6.04 Å². The Morgan fingerprint density at radius 2 is 2.00 bits per heavy atom. The third kappa shape index (κ3) is 3.24. The fourth-order valence-corrected chi connectivity index (χ4v) is 3.03. The van der Waals surface area contributed by atoms with Crippen LogP contribution in [0.1, 0.15) is 18.4 Å². The molecule has 0 saturated carbocycles. The summed E-state index contributed by atoms with van der Waals surface area (Å²) in [5.41, 5.74) is 1.84. The Hall–Kier alpha value is -1.88. The van der Waals surface area contributed by atoms with E-state index in [9.17, 15) is 4.79 Å². The van der Waals surface area contributed by atoms with Crippen LogP contribution < -0.4 is 5.32 Å². The van der Waals surface area contributed by atoms with Crippen LogP contribution in [-0.2, 0) is 0 Å². The lowest BCUT2D eigenvalue weighted by molar-refractivity contribution is 0.144. The van der Waals surface area contributed by atoms with Gasteiger partial charge < -0.3 is 10.2 Å². The molecule has 1 aromatic heterocycles. The summed E-state index contributed by atoms with van der Waals surface area (Å²) in [6.45, 7) is 5.74. The van der Waals surface area contributed by atoms with Crippen LogP contribution in [0.4, 0.5) is 10.5 Å². The zero-order valence-corrected chi connectivity index (χ0v) is 12.5. The largest absolute Gasteiger partial charge is 0.324 e. The minimum Gasteiger partial charge on any atom is -0.324 e. The normalized spacial score (nSPS) is 20.0. The Bertz CT molecular complexity index is 527. The van der Waals surface area contributed by atoms with Gasteiger partial charge in [-0.05, 0) is 31.4 Å². The highest BCUT2D eigenvalue weighted by molar-refractivity contribution is 5.90. The summed E-state index contributed by atoms with van der Waals surface area (Å²) in [5, 5.41) is 2.99. The van der Waals surface area contributed by atoms with E-state index in [1.807, 2.05) is 17.9 Å². The van der Waals surface area contributed by atoms with Crippen molar-refractivity contribution in [2.75, 3.05) is 31.5 Å². The fourth-order valence-electron chi connectivity index (χ4n) is 3.03. The first-order valence-electron chi connectivity index (χ1n) is 7.59. The van der Waals surface area contributed by atoms with Gasteiger partial charge in [0.1, 0.15) is 0 Å². The van der Waals surface area contributed by atoms with Crippen LogP contribution in [0.5, 0.6) is 0 Å². The Kier molecular flexibility index (Phi) is 4.20. The topological polar surface area (TPSA) is 48.5 Å². The van der Waals surface area contributed by atoms with Crippen molar-refractivity contribution in [3.05, 3.63) is 36.2 Å². The number of pyridine rings is 1. The molecular weight excluding hydrogens is 264 g/mol. The second kappa shape index (κ2) is 6.26. The molecule has 0 atom stereocenters. The van der Waals surface area contributed by atoms with Gasteiger partial charge in [-0.1, -0.05) is 12.2 Å². The molecule has 2 amide bonds. The lowest BCUT2D eigenvalue weighted by Gasteiger charge is -2.36. The third-order valence-electron chi connectivity index (χ3n) is 4.38. The number of aromatic nitrogens is 1. The van der Waals surface area contributed by atoms with Crippen molar-refractivity contribution in [3.8, 4) is 0 Å². The molecule has 0 unspecified atom stereocenters. The molecule has 2 aliphatic heterocycles. The highest BCUT2D eigenvalue weighted by atomic mass is 16.2. The van der Waals surface area contributed by atoms with Crippen LogP contribution in [0.25, 0.3) is 0 Å². The van der Waals surface area contributed by atoms with E-state index in [4.69, 9.17) is 0 Å². The fraction of sp³-hybridized carbons (Fsp3) is 0.500. The van der Waals surface area contributed by atoms with E-state index in [2.05, 4.69) is 27.4 Å². The molecule has 5 nitrogen and oxygen atoms in total. The number of nitrogens with zero attached hydrogens (tertiary/aromatic N) is 3. The van der Waals surface area contributed by atoms with Crippen LogP contribution in [0.2, 0.25) is 0 Å². The van der Waals surface area contributed by atoms with Crippen molar-refractivity contribution in [2.45, 2.75) is 25.8 Å². The molecule has 5 heteroatoms. The number of carbonyl (C=O) groups is 1. The van der Waals surface area contributed by atoms with Crippen LogP contribution in [0.3, 0.4) is 0 Å². The van der Waals surface area contributed by atoms with Gasteiger partial charge in [0, 0.05) is 50.3 Å². The maximum Gasteiger partial charge on any atom is 0.321 e. The van der Waals surface area contributed by atoms with Crippen LogP contribution >= 0.6 is 0 Å². The standard InChI is InChI=1S/C16H22N4O/c1-13-12-17-7-4-15(13)18-16(21)20-10-5-14(6-11-20)19-8-2-3-9-19/h2-4,7,12,14H,5-6,8-11H2,1H3,(H,17,18,21). The molecule has 0 radical (unpaired) electrons. The quantitative estimate of drug-likeness (QED) is 0.848. The molecular formula is C16H22N4O. The van der Waals surface area contributed by atoms with Crippen molar-refractivity contribution >= 4 is 11.7 Å². The van der Waals surface area contributed by atoms with E-state index < -0.39 is 0 Å². The number of aryl methyl sites for hydroxylation is 1. The molecule has 0 spiro atoms. The average molecular weight is 286 g/mol. The molecule has 2 aliphatic rings. The predicted octanol–water partition coefficient (Wildman–Crippen LogP) is 2.26. The highest BCUT2D eigenvalue weighted by Gasteiger charge is 2.27. The molecule has 0 aromatic carbocycles. The Morgan fingerprint density at radius 3 is 2.67 bits per heavy atom. The van der Waals surface area contributed by atoms with Crippen LogP contribution in [0.15, 0.2) is 30.6 Å². The summed E-state index contributed by atoms with van der Waals surface area (Å²) in [6, 6.07) is 2.46. The van der Waals surface area contributed by atoms with Gasteiger partial charge in [0.2, 0.25) is 0 Å². The summed E-state index contributed by atoms with van der Waals surface area (Å²) >= 11 is 0. The lowest BCUT2D eigenvalue weighted by atomic mass is 10.0. The monoisotopic (exact) mass is 286 g/mol. The van der Waals surface area contributed by atoms with E-state index in [0.717, 1.165) is 50.3 Å². The second-order valence-corrected chi connectivity index (χ2v) is 5.76. The molecule has 3 rings (SSSR count). The summed E-state index contributed by atoms with van der Waals surface area (Å²) in [4.78, 5) is 20.8. The maximum absolute atomic E-state index is 12.3. The first-order valence-corrected chi connectivity index (χ1v) is 7.59. The minimum atomic E-state index is 0.00213. The van der Waals surface area contributed by atoms with Gasteiger partial charge in [-0.2, -0.15) is 0 Å². The molecule has 3 heterocycles. The highest BCUT2D eigenvalue weighted by Crippen LogP contribution is 2.20. The summed E-state index contributed by atoms with van der Waals surface area (Å²) < 4.78 is 0. The molecule has 112 valence electrons. The van der Waals surface area contributed by atoms with Crippen LogP contribution in [0, 0.1) is 6.92 Å². The average Bonchev–Trinajstić information content (AvgIpc) is 3.04. The predicted molar refractivity (Wildman–Crippen MR) is 83.3 cm³/mol. The van der Waals surface area contributed by atoms with Crippen LogP contribution in [-0.4, -0.2) is 53.0 Å². The molecule has 1 saturated heterocycles. The smallest absolute Gasteiger partial charge is 0.321 e. The number of amides is 2. The number of carbonyl (C=O) groups excluding carboxylic acids is 1. The SMILES string of the molecule is Cc1cnccc1NC(=O)N1CCC(N2CC=CC2)CC1. The molecule has 0 aliphatic carbocycles. The van der Waals surface area contributed by atoms with E-state index in [1.165, 1.54) is 0 Å². The Balaban J connectivity index is 1.52. The van der Waals surface area contributed by atoms with Gasteiger partial charge in [0.25, 0.3) is 0 Å². The summed E-state index contributed by atoms with van der Waals surface area (Å²) in [6.07, 6.45) is 10.0. The number of urea groups is 1. The number of anilines is 1. The molecule has 21 heavy (non-hydrogen) atoms.